The van der Waals surface area contributed by atoms with Gasteiger partial charge in [0.05, 0.1) is 31.7 Å². The first kappa shape index (κ1) is 16.0. The molecule has 0 saturated carbocycles. The number of rotatable bonds is 5. The molecule has 0 atom stereocenters. The number of hydrogen-bond acceptors (Lipinski definition) is 6. The van der Waals surface area contributed by atoms with E-state index in [-0.39, 0.29) is 0 Å². The second-order valence-corrected chi connectivity index (χ2v) is 5.62. The van der Waals surface area contributed by atoms with Gasteiger partial charge in [-0.1, -0.05) is 0 Å². The van der Waals surface area contributed by atoms with Crippen molar-refractivity contribution in [3.63, 3.8) is 0 Å². The number of hydrogen-bond donors (Lipinski definition) is 1. The summed E-state index contributed by atoms with van der Waals surface area (Å²) in [5.41, 5.74) is 2.53. The first-order chi connectivity index (χ1) is 12.8. The van der Waals surface area contributed by atoms with Crippen LogP contribution in [0.5, 0.6) is 11.5 Å². The molecule has 4 aromatic rings. The van der Waals surface area contributed by atoms with Crippen LogP contribution in [0.4, 0.5) is 11.5 Å². The van der Waals surface area contributed by atoms with Gasteiger partial charge in [0.1, 0.15) is 29.4 Å². The van der Waals surface area contributed by atoms with Gasteiger partial charge in [-0.05, 0) is 42.5 Å². The van der Waals surface area contributed by atoms with Crippen LogP contribution in [0.3, 0.4) is 0 Å². The van der Waals surface area contributed by atoms with E-state index in [2.05, 4.69) is 15.3 Å². The number of anilines is 2. The van der Waals surface area contributed by atoms with Gasteiger partial charge in [0, 0.05) is 17.0 Å². The Bertz CT molecular complexity index is 1050. The van der Waals surface area contributed by atoms with Crippen molar-refractivity contribution in [1.29, 1.82) is 0 Å². The third-order valence-electron chi connectivity index (χ3n) is 4.10. The highest BCUT2D eigenvalue weighted by atomic mass is 16.5. The Morgan fingerprint density at radius 1 is 0.962 bits per heavy atom. The van der Waals surface area contributed by atoms with Crippen molar-refractivity contribution in [2.75, 3.05) is 19.5 Å². The summed E-state index contributed by atoms with van der Waals surface area (Å²) in [6, 6.07) is 15.3. The monoisotopic (exact) mass is 347 g/mol. The van der Waals surface area contributed by atoms with Crippen molar-refractivity contribution in [2.24, 2.45) is 0 Å². The summed E-state index contributed by atoms with van der Waals surface area (Å²) in [6.07, 6.45) is 3.17. The minimum atomic E-state index is 0.688. The molecule has 2 aromatic heterocycles. The Balaban J connectivity index is 1.77. The van der Waals surface area contributed by atoms with Crippen LogP contribution in [-0.2, 0) is 0 Å². The lowest BCUT2D eigenvalue weighted by Crippen LogP contribution is -1.99. The summed E-state index contributed by atoms with van der Waals surface area (Å²) in [5, 5.41) is 4.24. The van der Waals surface area contributed by atoms with E-state index in [0.29, 0.717) is 11.6 Å². The molecule has 0 amide bonds. The van der Waals surface area contributed by atoms with Gasteiger partial charge in [-0.3, -0.25) is 0 Å². The fourth-order valence-corrected chi connectivity index (χ4v) is 2.79. The Labute approximate surface area is 150 Å². The molecular weight excluding hydrogens is 330 g/mol. The fraction of sp³-hybridized carbons (Fsp3) is 0.100. The molecule has 26 heavy (non-hydrogen) atoms. The number of furan rings is 1. The van der Waals surface area contributed by atoms with E-state index >= 15 is 0 Å². The van der Waals surface area contributed by atoms with E-state index < -0.39 is 0 Å². The molecule has 6 nitrogen and oxygen atoms in total. The fourth-order valence-electron chi connectivity index (χ4n) is 2.79. The average molecular weight is 347 g/mol. The molecule has 4 rings (SSSR count). The van der Waals surface area contributed by atoms with Crippen LogP contribution in [0.15, 0.2) is 65.5 Å². The molecule has 0 spiro atoms. The summed E-state index contributed by atoms with van der Waals surface area (Å²) >= 11 is 0. The zero-order chi connectivity index (χ0) is 17.9. The summed E-state index contributed by atoms with van der Waals surface area (Å²) in [6.45, 7) is 0. The highest BCUT2D eigenvalue weighted by Crippen LogP contribution is 2.34. The molecule has 0 radical (unpaired) electrons. The second-order valence-electron chi connectivity index (χ2n) is 5.62. The van der Waals surface area contributed by atoms with Crippen LogP contribution in [0.1, 0.15) is 0 Å². The summed E-state index contributed by atoms with van der Waals surface area (Å²) in [5.74, 6) is 2.93. The second kappa shape index (κ2) is 6.76. The Morgan fingerprint density at radius 3 is 2.65 bits per heavy atom. The minimum Gasteiger partial charge on any atom is -0.497 e. The van der Waals surface area contributed by atoms with Crippen molar-refractivity contribution >= 4 is 22.4 Å². The van der Waals surface area contributed by atoms with Crippen molar-refractivity contribution in [3.05, 3.63) is 61.1 Å². The Kier molecular flexibility index (Phi) is 4.15. The first-order valence-corrected chi connectivity index (χ1v) is 8.06. The molecule has 130 valence electrons. The van der Waals surface area contributed by atoms with Crippen molar-refractivity contribution in [2.45, 2.75) is 0 Å². The number of ether oxygens (including phenoxy) is 2. The van der Waals surface area contributed by atoms with Gasteiger partial charge in [-0.25, -0.2) is 9.97 Å². The molecule has 0 aliphatic rings. The van der Waals surface area contributed by atoms with Crippen LogP contribution in [0.25, 0.3) is 22.2 Å². The Hall–Kier alpha value is -3.54. The first-order valence-electron chi connectivity index (χ1n) is 8.06. The van der Waals surface area contributed by atoms with Crippen LogP contribution < -0.4 is 14.8 Å². The van der Waals surface area contributed by atoms with Crippen LogP contribution in [0.2, 0.25) is 0 Å². The predicted octanol–water partition coefficient (Wildman–Crippen LogP) is 4.65. The predicted molar refractivity (Wildman–Crippen MR) is 100 cm³/mol. The SMILES string of the molecule is COc1ccc2c(Nc3cc(-c4ccco4)ccc3OC)ncnc2c1. The normalized spacial score (nSPS) is 10.7. The molecule has 2 heterocycles. The van der Waals surface area contributed by atoms with Gasteiger partial charge in [0.2, 0.25) is 0 Å². The van der Waals surface area contributed by atoms with Crippen LogP contribution in [0, 0.1) is 0 Å². The lowest BCUT2D eigenvalue weighted by molar-refractivity contribution is 0.415. The van der Waals surface area contributed by atoms with E-state index in [1.54, 1.807) is 20.5 Å². The van der Waals surface area contributed by atoms with Crippen molar-refractivity contribution in [1.82, 2.24) is 9.97 Å². The van der Waals surface area contributed by atoms with Crippen LogP contribution in [-0.4, -0.2) is 24.2 Å². The maximum Gasteiger partial charge on any atom is 0.142 e. The standard InChI is InChI=1S/C20H17N3O3/c1-24-14-6-7-15-16(11-14)21-12-22-20(15)23-17-10-13(5-8-19(17)25-2)18-4-3-9-26-18/h3-12H,1-2H3,(H,21,22,23). The maximum atomic E-state index is 5.49. The summed E-state index contributed by atoms with van der Waals surface area (Å²) in [4.78, 5) is 8.70. The molecule has 1 N–H and O–H groups in total. The molecule has 0 fully saturated rings. The molecule has 6 heteroatoms. The van der Waals surface area contributed by atoms with Gasteiger partial charge < -0.3 is 19.2 Å². The van der Waals surface area contributed by atoms with Gasteiger partial charge in [-0.2, -0.15) is 0 Å². The zero-order valence-electron chi connectivity index (χ0n) is 14.4. The molecule has 0 unspecified atom stereocenters. The van der Waals surface area contributed by atoms with Gasteiger partial charge >= 0.3 is 0 Å². The molecule has 0 aliphatic heterocycles. The van der Waals surface area contributed by atoms with Gasteiger partial charge in [0.15, 0.2) is 0 Å². The third-order valence-corrected chi connectivity index (χ3v) is 4.10. The molecule has 2 aromatic carbocycles. The number of nitrogens with one attached hydrogen (secondary N) is 1. The highest BCUT2D eigenvalue weighted by molar-refractivity contribution is 5.92. The number of benzene rings is 2. The molecule has 0 saturated heterocycles. The average Bonchev–Trinajstić information content (AvgIpc) is 3.22. The molecular formula is C20H17N3O3. The van der Waals surface area contributed by atoms with E-state index in [4.69, 9.17) is 13.9 Å². The lowest BCUT2D eigenvalue weighted by Gasteiger charge is -2.13. The number of aromatic nitrogens is 2. The van der Waals surface area contributed by atoms with E-state index in [0.717, 1.165) is 33.7 Å². The highest BCUT2D eigenvalue weighted by Gasteiger charge is 2.11. The largest absolute Gasteiger partial charge is 0.497 e. The van der Waals surface area contributed by atoms with Crippen molar-refractivity contribution in [3.8, 4) is 22.8 Å². The zero-order valence-corrected chi connectivity index (χ0v) is 14.4. The van der Waals surface area contributed by atoms with E-state index in [9.17, 15) is 0 Å². The minimum absolute atomic E-state index is 0.688. The van der Waals surface area contributed by atoms with Gasteiger partial charge in [0.25, 0.3) is 0 Å². The van der Waals surface area contributed by atoms with Crippen molar-refractivity contribution < 1.29 is 13.9 Å². The van der Waals surface area contributed by atoms with E-state index in [1.807, 2.05) is 48.5 Å². The quantitative estimate of drug-likeness (QED) is 0.567. The van der Waals surface area contributed by atoms with Gasteiger partial charge in [-0.15, -0.1) is 0 Å². The summed E-state index contributed by atoms with van der Waals surface area (Å²) in [7, 11) is 3.27. The smallest absolute Gasteiger partial charge is 0.142 e. The van der Waals surface area contributed by atoms with E-state index in [1.165, 1.54) is 6.33 Å². The topological polar surface area (TPSA) is 69.4 Å². The van der Waals surface area contributed by atoms with Crippen LogP contribution >= 0.6 is 0 Å². The molecule has 0 aliphatic carbocycles. The number of methoxy groups -OCH3 is 2. The maximum absolute atomic E-state index is 5.49. The summed E-state index contributed by atoms with van der Waals surface area (Å²) < 4.78 is 16.2. The Morgan fingerprint density at radius 2 is 1.88 bits per heavy atom. The third kappa shape index (κ3) is 2.93. The number of nitrogens with zero attached hydrogens (tertiary/aromatic N) is 2. The lowest BCUT2D eigenvalue weighted by atomic mass is 10.1. The molecule has 0 bridgehead atoms. The number of fused-ring (bicyclic) bond motifs is 1.